The lowest BCUT2D eigenvalue weighted by Crippen LogP contribution is -2.44. The Kier molecular flexibility index (Phi) is 4.15. The molecule has 0 amide bonds. The highest BCUT2D eigenvalue weighted by Crippen LogP contribution is 2.21. The maximum Gasteiger partial charge on any atom is 0.137 e. The van der Waals surface area contributed by atoms with Crippen molar-refractivity contribution in [2.45, 2.75) is 38.1 Å². The number of nitrogens with zero attached hydrogens (tertiary/aromatic N) is 1. The van der Waals surface area contributed by atoms with Gasteiger partial charge in [0.05, 0.1) is 6.04 Å². The number of ether oxygens (including phenoxy) is 1. The molecule has 2 aliphatic rings. The van der Waals surface area contributed by atoms with E-state index in [-0.39, 0.29) is 6.04 Å². The Bertz CT molecular complexity index is 202. The molecular weight excluding hydrogens is 190 g/mol. The van der Waals surface area contributed by atoms with Crippen LogP contribution in [0.2, 0.25) is 0 Å². The molecule has 0 aromatic carbocycles. The third-order valence-electron chi connectivity index (χ3n) is 3.65. The van der Waals surface area contributed by atoms with Crippen LogP contribution in [0.5, 0.6) is 0 Å². The number of likely N-dealkylation sites (tertiary alicyclic amines) is 1. The van der Waals surface area contributed by atoms with Gasteiger partial charge in [-0.25, -0.2) is 0 Å². The maximum atomic E-state index is 10.9. The Morgan fingerprint density at radius 3 is 2.73 bits per heavy atom. The predicted octanol–water partition coefficient (Wildman–Crippen LogP) is 1.47. The topological polar surface area (TPSA) is 29.5 Å². The largest absolute Gasteiger partial charge is 0.381 e. The Morgan fingerprint density at radius 2 is 2.00 bits per heavy atom. The molecule has 0 N–H and O–H groups in total. The highest BCUT2D eigenvalue weighted by atomic mass is 16.5. The average Bonchev–Trinajstić information content (AvgIpc) is 2.31. The molecule has 3 heteroatoms. The summed E-state index contributed by atoms with van der Waals surface area (Å²) in [4.78, 5) is 13.3. The Balaban J connectivity index is 1.82. The molecule has 0 radical (unpaired) electrons. The molecule has 3 nitrogen and oxygen atoms in total. The third-order valence-corrected chi connectivity index (χ3v) is 3.65. The van der Waals surface area contributed by atoms with Crippen LogP contribution in [-0.2, 0) is 9.53 Å². The van der Waals surface area contributed by atoms with Crippen molar-refractivity contribution in [3.05, 3.63) is 0 Å². The minimum Gasteiger partial charge on any atom is -0.381 e. The van der Waals surface area contributed by atoms with Crippen molar-refractivity contribution in [1.29, 1.82) is 0 Å². The van der Waals surface area contributed by atoms with E-state index in [0.717, 1.165) is 44.9 Å². The van der Waals surface area contributed by atoms with E-state index in [4.69, 9.17) is 4.74 Å². The number of carbonyl (C=O) groups is 1. The van der Waals surface area contributed by atoms with E-state index in [0.29, 0.717) is 0 Å². The van der Waals surface area contributed by atoms with Gasteiger partial charge in [-0.15, -0.1) is 0 Å². The number of carbonyl (C=O) groups excluding carboxylic acids is 1. The van der Waals surface area contributed by atoms with Gasteiger partial charge >= 0.3 is 0 Å². The first-order chi connectivity index (χ1) is 7.40. The van der Waals surface area contributed by atoms with E-state index < -0.39 is 0 Å². The van der Waals surface area contributed by atoms with Crippen molar-refractivity contribution >= 4 is 6.29 Å². The van der Waals surface area contributed by atoms with Crippen molar-refractivity contribution < 1.29 is 9.53 Å². The van der Waals surface area contributed by atoms with Crippen molar-refractivity contribution in [2.24, 2.45) is 5.92 Å². The second-order valence-corrected chi connectivity index (χ2v) is 4.75. The molecule has 2 aliphatic heterocycles. The Morgan fingerprint density at radius 1 is 1.20 bits per heavy atom. The summed E-state index contributed by atoms with van der Waals surface area (Å²) in [5.41, 5.74) is 0. The minimum atomic E-state index is 0.196. The van der Waals surface area contributed by atoms with Crippen molar-refractivity contribution in [1.82, 2.24) is 4.90 Å². The minimum absolute atomic E-state index is 0.196. The third kappa shape index (κ3) is 3.02. The molecule has 86 valence electrons. The fraction of sp³-hybridized carbons (Fsp3) is 0.917. The van der Waals surface area contributed by atoms with Crippen LogP contribution in [0.25, 0.3) is 0 Å². The SMILES string of the molecule is O=CC1CCCCN1CC1CCOCC1. The monoisotopic (exact) mass is 211 g/mol. The first-order valence-corrected chi connectivity index (χ1v) is 6.17. The highest BCUT2D eigenvalue weighted by molar-refractivity contribution is 5.57. The van der Waals surface area contributed by atoms with Crippen LogP contribution in [-0.4, -0.2) is 43.5 Å². The molecule has 0 aromatic heterocycles. The molecule has 0 saturated carbocycles. The zero-order valence-corrected chi connectivity index (χ0v) is 9.36. The van der Waals surface area contributed by atoms with E-state index in [1.807, 2.05) is 0 Å². The highest BCUT2D eigenvalue weighted by Gasteiger charge is 2.25. The standard InChI is InChI=1S/C12H21NO2/c14-10-12-3-1-2-6-13(12)9-11-4-7-15-8-5-11/h10-12H,1-9H2. The number of piperidine rings is 1. The van der Waals surface area contributed by atoms with Gasteiger partial charge in [0.25, 0.3) is 0 Å². The van der Waals surface area contributed by atoms with Gasteiger partial charge in [0.1, 0.15) is 6.29 Å². The summed E-state index contributed by atoms with van der Waals surface area (Å²) >= 11 is 0. The molecule has 0 bridgehead atoms. The van der Waals surface area contributed by atoms with Gasteiger partial charge in [-0.1, -0.05) is 6.42 Å². The molecular formula is C12H21NO2. The van der Waals surface area contributed by atoms with Gasteiger partial charge in [0.2, 0.25) is 0 Å². The van der Waals surface area contributed by atoms with Crippen molar-refractivity contribution in [3.63, 3.8) is 0 Å². The summed E-state index contributed by atoms with van der Waals surface area (Å²) in [5.74, 6) is 0.749. The zero-order valence-electron chi connectivity index (χ0n) is 9.36. The maximum absolute atomic E-state index is 10.9. The fourth-order valence-electron chi connectivity index (χ4n) is 2.66. The van der Waals surface area contributed by atoms with Gasteiger partial charge < -0.3 is 9.53 Å². The summed E-state index contributed by atoms with van der Waals surface area (Å²) in [5, 5.41) is 0. The summed E-state index contributed by atoms with van der Waals surface area (Å²) < 4.78 is 5.35. The first kappa shape index (κ1) is 11.1. The second-order valence-electron chi connectivity index (χ2n) is 4.75. The smallest absolute Gasteiger partial charge is 0.137 e. The second kappa shape index (κ2) is 5.61. The van der Waals surface area contributed by atoms with Crippen LogP contribution in [0.1, 0.15) is 32.1 Å². The molecule has 2 rings (SSSR count). The normalized spacial score (nSPS) is 30.3. The summed E-state index contributed by atoms with van der Waals surface area (Å²) in [6.45, 7) is 4.03. The van der Waals surface area contributed by atoms with Gasteiger partial charge in [-0.3, -0.25) is 4.90 Å². The first-order valence-electron chi connectivity index (χ1n) is 6.17. The number of rotatable bonds is 3. The summed E-state index contributed by atoms with van der Waals surface area (Å²) in [6, 6.07) is 0.196. The Hall–Kier alpha value is -0.410. The Labute approximate surface area is 91.8 Å². The van der Waals surface area contributed by atoms with Crippen molar-refractivity contribution in [3.8, 4) is 0 Å². The van der Waals surface area contributed by atoms with Crippen LogP contribution in [0.15, 0.2) is 0 Å². The number of aldehydes is 1. The number of hydrogen-bond donors (Lipinski definition) is 0. The van der Waals surface area contributed by atoms with E-state index in [1.165, 1.54) is 25.7 Å². The molecule has 2 saturated heterocycles. The molecule has 0 spiro atoms. The van der Waals surface area contributed by atoms with E-state index in [9.17, 15) is 4.79 Å². The quantitative estimate of drug-likeness (QED) is 0.662. The van der Waals surface area contributed by atoms with Crippen LogP contribution >= 0.6 is 0 Å². The van der Waals surface area contributed by atoms with E-state index in [2.05, 4.69) is 4.90 Å². The summed E-state index contributed by atoms with van der Waals surface area (Å²) in [7, 11) is 0. The average molecular weight is 211 g/mol. The number of hydrogen-bond acceptors (Lipinski definition) is 3. The van der Waals surface area contributed by atoms with Crippen molar-refractivity contribution in [2.75, 3.05) is 26.3 Å². The van der Waals surface area contributed by atoms with E-state index >= 15 is 0 Å². The van der Waals surface area contributed by atoms with Gasteiger partial charge in [0.15, 0.2) is 0 Å². The van der Waals surface area contributed by atoms with Gasteiger partial charge in [0, 0.05) is 19.8 Å². The molecule has 1 atom stereocenters. The van der Waals surface area contributed by atoms with Crippen LogP contribution in [0.3, 0.4) is 0 Å². The molecule has 15 heavy (non-hydrogen) atoms. The van der Waals surface area contributed by atoms with Crippen LogP contribution < -0.4 is 0 Å². The fourth-order valence-corrected chi connectivity index (χ4v) is 2.66. The van der Waals surface area contributed by atoms with Gasteiger partial charge in [-0.2, -0.15) is 0 Å². The molecule has 1 unspecified atom stereocenters. The molecule has 2 fully saturated rings. The molecule has 0 aromatic rings. The lowest BCUT2D eigenvalue weighted by atomic mass is 9.96. The summed E-state index contributed by atoms with van der Waals surface area (Å²) in [6.07, 6.45) is 7.01. The van der Waals surface area contributed by atoms with Gasteiger partial charge in [-0.05, 0) is 38.1 Å². The van der Waals surface area contributed by atoms with Crippen LogP contribution in [0.4, 0.5) is 0 Å². The van der Waals surface area contributed by atoms with Crippen LogP contribution in [0, 0.1) is 5.92 Å². The zero-order chi connectivity index (χ0) is 10.5. The lowest BCUT2D eigenvalue weighted by Gasteiger charge is -2.36. The molecule has 2 heterocycles. The van der Waals surface area contributed by atoms with E-state index in [1.54, 1.807) is 0 Å². The lowest BCUT2D eigenvalue weighted by molar-refractivity contribution is -0.113. The molecule has 0 aliphatic carbocycles. The predicted molar refractivity (Wildman–Crippen MR) is 58.8 cm³/mol.